The fourth-order valence-electron chi connectivity index (χ4n) is 5.08. The van der Waals surface area contributed by atoms with Crippen molar-refractivity contribution in [1.82, 2.24) is 9.97 Å². The summed E-state index contributed by atoms with van der Waals surface area (Å²) in [5, 5.41) is 5.11. The van der Waals surface area contributed by atoms with Gasteiger partial charge in [0, 0.05) is 17.5 Å². The lowest BCUT2D eigenvalue weighted by atomic mass is 9.82. The van der Waals surface area contributed by atoms with Crippen LogP contribution in [-0.4, -0.2) is 9.97 Å². The minimum absolute atomic E-state index is 0.0765. The summed E-state index contributed by atoms with van der Waals surface area (Å²) < 4.78 is 0. The Morgan fingerprint density at radius 2 is 1.11 bits per heavy atom. The molecule has 3 aromatic carbocycles. The molecule has 0 bridgehead atoms. The Morgan fingerprint density at radius 3 is 1.78 bits per heavy atom. The van der Waals surface area contributed by atoms with Crippen molar-refractivity contribution < 1.29 is 0 Å². The monoisotopic (exact) mass is 488 g/mol. The summed E-state index contributed by atoms with van der Waals surface area (Å²) in [7, 11) is 0. The van der Waals surface area contributed by atoms with Crippen molar-refractivity contribution in [2.24, 2.45) is 0 Å². The lowest BCUT2D eigenvalue weighted by Gasteiger charge is -2.22. The van der Waals surface area contributed by atoms with E-state index >= 15 is 0 Å². The second-order valence-electron chi connectivity index (χ2n) is 13.6. The number of benzene rings is 3. The van der Waals surface area contributed by atoms with E-state index in [0.717, 1.165) is 17.1 Å². The predicted molar refractivity (Wildman–Crippen MR) is 161 cm³/mol. The fraction of sp³-hybridized carbons (Fsp3) is 0.343. The number of rotatable bonds is 2. The van der Waals surface area contributed by atoms with Crippen molar-refractivity contribution in [3.05, 3.63) is 89.6 Å². The van der Waals surface area contributed by atoms with E-state index in [-0.39, 0.29) is 16.2 Å². The highest BCUT2D eigenvalue weighted by molar-refractivity contribution is 6.12. The summed E-state index contributed by atoms with van der Waals surface area (Å²) in [6.45, 7) is 20.4. The van der Waals surface area contributed by atoms with Crippen LogP contribution < -0.4 is 0 Å². The normalized spacial score (nSPS) is 13.0. The summed E-state index contributed by atoms with van der Waals surface area (Å²) in [6.07, 6.45) is 1.92. The van der Waals surface area contributed by atoms with Crippen LogP contribution in [0.25, 0.3) is 44.2 Å². The predicted octanol–water partition coefficient (Wildman–Crippen LogP) is 9.94. The van der Waals surface area contributed by atoms with Crippen LogP contribution in [0, 0.1) is 0 Å². The van der Waals surface area contributed by atoms with E-state index in [9.17, 15) is 0 Å². The molecular formula is C35H40N2. The Kier molecular flexibility index (Phi) is 5.86. The van der Waals surface area contributed by atoms with Gasteiger partial charge in [-0.15, -0.1) is 0 Å². The molecule has 5 aromatic rings. The number of hydrogen-bond donors (Lipinski definition) is 1. The first kappa shape index (κ1) is 25.3. The van der Waals surface area contributed by atoms with Gasteiger partial charge in [-0.3, -0.25) is 4.98 Å². The van der Waals surface area contributed by atoms with Crippen LogP contribution in [-0.2, 0) is 16.2 Å². The highest BCUT2D eigenvalue weighted by Gasteiger charge is 2.20. The first-order chi connectivity index (χ1) is 17.2. The molecule has 0 saturated carbocycles. The molecule has 0 fully saturated rings. The standard InChI is InChI=1S/C35H40N2/c1-33(2,3)24-12-13-27-23(19-24)18-22-10-11-25(34(4,5)6)20-28(22)32(27)30-15-14-29(37-30)31-21-26(16-17-36-31)35(7,8)9/h10-21,37H,1-9H3. The minimum Gasteiger partial charge on any atom is -0.353 e. The molecule has 0 aliphatic rings. The van der Waals surface area contributed by atoms with Crippen LogP contribution in [0.4, 0.5) is 0 Å². The van der Waals surface area contributed by atoms with Crippen molar-refractivity contribution in [1.29, 1.82) is 0 Å². The average Bonchev–Trinajstić information content (AvgIpc) is 3.30. The van der Waals surface area contributed by atoms with Crippen LogP contribution in [0.15, 0.2) is 72.9 Å². The molecule has 2 heterocycles. The van der Waals surface area contributed by atoms with Gasteiger partial charge in [0.05, 0.1) is 11.4 Å². The van der Waals surface area contributed by atoms with Crippen molar-refractivity contribution in [2.75, 3.05) is 0 Å². The lowest BCUT2D eigenvalue weighted by Crippen LogP contribution is -2.11. The van der Waals surface area contributed by atoms with E-state index in [1.165, 1.54) is 43.8 Å². The quantitative estimate of drug-likeness (QED) is 0.246. The first-order valence-electron chi connectivity index (χ1n) is 13.4. The summed E-state index contributed by atoms with van der Waals surface area (Å²) in [5.74, 6) is 0. The Labute approximate surface area is 222 Å². The Balaban J connectivity index is 1.76. The summed E-state index contributed by atoms with van der Waals surface area (Å²) in [4.78, 5) is 8.46. The van der Waals surface area contributed by atoms with Crippen molar-refractivity contribution in [3.8, 4) is 22.6 Å². The molecule has 0 unspecified atom stereocenters. The molecule has 0 spiro atoms. The second kappa shape index (κ2) is 8.58. The number of aromatic nitrogens is 2. The summed E-state index contributed by atoms with van der Waals surface area (Å²) in [6, 6.07) is 25.0. The molecule has 1 N–H and O–H groups in total. The zero-order valence-electron chi connectivity index (χ0n) is 23.9. The molecular weight excluding hydrogens is 448 g/mol. The fourth-order valence-corrected chi connectivity index (χ4v) is 5.08. The maximum Gasteiger partial charge on any atom is 0.0867 e. The molecule has 0 amide bonds. The zero-order valence-corrected chi connectivity index (χ0v) is 23.9. The van der Waals surface area contributed by atoms with Crippen molar-refractivity contribution in [3.63, 3.8) is 0 Å². The van der Waals surface area contributed by atoms with Gasteiger partial charge in [-0.2, -0.15) is 0 Å². The maximum atomic E-state index is 4.71. The highest BCUT2D eigenvalue weighted by Crippen LogP contribution is 2.40. The third-order valence-electron chi connectivity index (χ3n) is 7.54. The van der Waals surface area contributed by atoms with Gasteiger partial charge in [0.25, 0.3) is 0 Å². The number of aromatic amines is 1. The van der Waals surface area contributed by atoms with Crippen molar-refractivity contribution in [2.45, 2.75) is 78.6 Å². The molecule has 5 rings (SSSR count). The zero-order chi connectivity index (χ0) is 26.8. The molecule has 37 heavy (non-hydrogen) atoms. The number of fused-ring (bicyclic) bond motifs is 2. The van der Waals surface area contributed by atoms with Gasteiger partial charge in [-0.1, -0.05) is 92.6 Å². The third-order valence-corrected chi connectivity index (χ3v) is 7.54. The van der Waals surface area contributed by atoms with E-state index in [0.29, 0.717) is 0 Å². The van der Waals surface area contributed by atoms with E-state index < -0.39 is 0 Å². The Bertz CT molecular complexity index is 1610. The maximum absolute atomic E-state index is 4.71. The first-order valence-corrected chi connectivity index (χ1v) is 13.4. The molecule has 2 nitrogen and oxygen atoms in total. The van der Waals surface area contributed by atoms with Crippen LogP contribution in [0.5, 0.6) is 0 Å². The van der Waals surface area contributed by atoms with Crippen LogP contribution >= 0.6 is 0 Å². The third kappa shape index (κ3) is 4.82. The molecule has 2 heteroatoms. The second-order valence-corrected chi connectivity index (χ2v) is 13.6. The molecule has 0 atom stereocenters. The highest BCUT2D eigenvalue weighted by atomic mass is 14.8. The van der Waals surface area contributed by atoms with Gasteiger partial charge in [0.2, 0.25) is 0 Å². The van der Waals surface area contributed by atoms with E-state index in [1.807, 2.05) is 6.20 Å². The van der Waals surface area contributed by atoms with Gasteiger partial charge in [0.1, 0.15) is 0 Å². The van der Waals surface area contributed by atoms with E-state index in [2.05, 4.69) is 134 Å². The minimum atomic E-state index is 0.0765. The van der Waals surface area contributed by atoms with Crippen LogP contribution in [0.2, 0.25) is 0 Å². The van der Waals surface area contributed by atoms with E-state index in [1.54, 1.807) is 0 Å². The number of nitrogens with one attached hydrogen (secondary N) is 1. The number of nitrogens with zero attached hydrogens (tertiary/aromatic N) is 1. The smallest absolute Gasteiger partial charge is 0.0867 e. The van der Waals surface area contributed by atoms with Crippen LogP contribution in [0.3, 0.4) is 0 Å². The average molecular weight is 489 g/mol. The number of pyridine rings is 1. The number of H-pyrrole nitrogens is 1. The summed E-state index contributed by atoms with van der Waals surface area (Å²) in [5.41, 5.74) is 8.66. The van der Waals surface area contributed by atoms with Gasteiger partial charge in [-0.25, -0.2) is 0 Å². The topological polar surface area (TPSA) is 28.7 Å². The molecule has 0 aliphatic carbocycles. The molecule has 0 aliphatic heterocycles. The van der Waals surface area contributed by atoms with Gasteiger partial charge >= 0.3 is 0 Å². The van der Waals surface area contributed by atoms with E-state index in [4.69, 9.17) is 4.98 Å². The van der Waals surface area contributed by atoms with Gasteiger partial charge in [-0.05, 0) is 90.9 Å². The van der Waals surface area contributed by atoms with Gasteiger partial charge in [0.15, 0.2) is 0 Å². The summed E-state index contributed by atoms with van der Waals surface area (Å²) >= 11 is 0. The molecule has 0 radical (unpaired) electrons. The molecule has 2 aromatic heterocycles. The van der Waals surface area contributed by atoms with Gasteiger partial charge < -0.3 is 4.98 Å². The Hall–Kier alpha value is -3.39. The van der Waals surface area contributed by atoms with Crippen LogP contribution in [0.1, 0.15) is 79.0 Å². The molecule has 0 saturated heterocycles. The van der Waals surface area contributed by atoms with Crippen molar-refractivity contribution >= 4 is 21.5 Å². The SMILES string of the molecule is CC(C)(C)c1ccnc(-c2ccc(-c3c4ccc(C(C)(C)C)cc4cc4ccc(C(C)(C)C)cc34)[nH]2)c1. The molecule has 190 valence electrons. The largest absolute Gasteiger partial charge is 0.353 e. The lowest BCUT2D eigenvalue weighted by molar-refractivity contribution is 0.589. The number of hydrogen-bond acceptors (Lipinski definition) is 1. The Morgan fingerprint density at radius 1 is 0.514 bits per heavy atom.